The molecule has 0 aliphatic heterocycles. The highest BCUT2D eigenvalue weighted by Crippen LogP contribution is 2.26. The second kappa shape index (κ2) is 6.20. The summed E-state index contributed by atoms with van der Waals surface area (Å²) in [5.41, 5.74) is 2.50. The summed E-state index contributed by atoms with van der Waals surface area (Å²) in [6.07, 6.45) is 0. The van der Waals surface area contributed by atoms with E-state index in [0.717, 1.165) is 15.7 Å². The topological polar surface area (TPSA) is 42.0 Å². The third-order valence-electron chi connectivity index (χ3n) is 2.90. The van der Waals surface area contributed by atoms with Gasteiger partial charge in [-0.25, -0.2) is 4.98 Å². The average molecular weight is 359 g/mol. The number of nitrogens with zero attached hydrogens (tertiary/aromatic N) is 1. The Kier molecular flexibility index (Phi) is 4.13. The highest BCUT2D eigenvalue weighted by molar-refractivity contribution is 9.10. The summed E-state index contributed by atoms with van der Waals surface area (Å²) < 4.78 is 1.03. The molecule has 21 heavy (non-hydrogen) atoms. The Labute approximate surface area is 134 Å². The van der Waals surface area contributed by atoms with Gasteiger partial charge in [-0.3, -0.25) is 10.1 Å². The number of anilines is 1. The van der Waals surface area contributed by atoms with Crippen LogP contribution in [0.5, 0.6) is 0 Å². The van der Waals surface area contributed by atoms with Crippen LogP contribution >= 0.6 is 27.3 Å². The number of hydrogen-bond donors (Lipinski definition) is 1. The van der Waals surface area contributed by atoms with Crippen molar-refractivity contribution in [2.24, 2.45) is 0 Å². The molecule has 0 bridgehead atoms. The zero-order valence-corrected chi connectivity index (χ0v) is 13.3. The van der Waals surface area contributed by atoms with Crippen LogP contribution in [0.25, 0.3) is 11.3 Å². The van der Waals surface area contributed by atoms with Crippen molar-refractivity contribution in [3.63, 3.8) is 0 Å². The first-order valence-corrected chi connectivity index (χ1v) is 7.97. The van der Waals surface area contributed by atoms with Gasteiger partial charge in [-0.05, 0) is 24.3 Å². The van der Waals surface area contributed by atoms with E-state index >= 15 is 0 Å². The lowest BCUT2D eigenvalue weighted by atomic mass is 10.2. The van der Waals surface area contributed by atoms with Gasteiger partial charge >= 0.3 is 0 Å². The summed E-state index contributed by atoms with van der Waals surface area (Å²) in [6.45, 7) is 0. The van der Waals surface area contributed by atoms with E-state index in [4.69, 9.17) is 0 Å². The number of thiazole rings is 1. The molecular weight excluding hydrogens is 348 g/mol. The predicted octanol–water partition coefficient (Wildman–Crippen LogP) is 4.82. The van der Waals surface area contributed by atoms with Gasteiger partial charge in [-0.2, -0.15) is 0 Å². The van der Waals surface area contributed by atoms with Crippen molar-refractivity contribution in [3.05, 3.63) is 70.0 Å². The molecule has 1 heterocycles. The summed E-state index contributed by atoms with van der Waals surface area (Å²) in [5, 5.41) is 5.35. The number of carbonyl (C=O) groups excluding carboxylic acids is 1. The van der Waals surface area contributed by atoms with Crippen LogP contribution in [0.4, 0.5) is 5.13 Å². The largest absolute Gasteiger partial charge is 0.298 e. The van der Waals surface area contributed by atoms with E-state index in [1.807, 2.05) is 47.8 Å². The van der Waals surface area contributed by atoms with Gasteiger partial charge in [0.25, 0.3) is 5.91 Å². The van der Waals surface area contributed by atoms with Crippen molar-refractivity contribution in [2.45, 2.75) is 0 Å². The molecule has 1 amide bonds. The molecule has 3 rings (SSSR count). The van der Waals surface area contributed by atoms with Crippen LogP contribution in [0.15, 0.2) is 64.5 Å². The van der Waals surface area contributed by atoms with E-state index in [1.165, 1.54) is 11.3 Å². The fraction of sp³-hybridized carbons (Fsp3) is 0. The van der Waals surface area contributed by atoms with Crippen LogP contribution in [0.2, 0.25) is 0 Å². The molecule has 5 heteroatoms. The molecule has 3 nitrogen and oxygen atoms in total. The first-order chi connectivity index (χ1) is 10.2. The summed E-state index contributed by atoms with van der Waals surface area (Å²) >= 11 is 4.82. The van der Waals surface area contributed by atoms with Crippen molar-refractivity contribution < 1.29 is 4.79 Å². The van der Waals surface area contributed by atoms with Gasteiger partial charge in [-0.15, -0.1) is 11.3 Å². The van der Waals surface area contributed by atoms with Crippen LogP contribution in [0, 0.1) is 0 Å². The molecule has 0 aliphatic carbocycles. The van der Waals surface area contributed by atoms with E-state index < -0.39 is 0 Å². The fourth-order valence-electron chi connectivity index (χ4n) is 1.84. The summed E-state index contributed by atoms with van der Waals surface area (Å²) in [7, 11) is 0. The van der Waals surface area contributed by atoms with Crippen molar-refractivity contribution in [2.75, 3.05) is 5.32 Å². The van der Waals surface area contributed by atoms with Gasteiger partial charge < -0.3 is 0 Å². The Balaban J connectivity index is 1.76. The minimum atomic E-state index is -0.146. The van der Waals surface area contributed by atoms with Crippen molar-refractivity contribution in [1.82, 2.24) is 4.98 Å². The van der Waals surface area contributed by atoms with E-state index in [9.17, 15) is 4.79 Å². The van der Waals surface area contributed by atoms with E-state index in [0.29, 0.717) is 10.7 Å². The van der Waals surface area contributed by atoms with Crippen LogP contribution in [0.3, 0.4) is 0 Å². The molecule has 1 aromatic heterocycles. The number of benzene rings is 2. The highest BCUT2D eigenvalue weighted by atomic mass is 79.9. The number of nitrogens with one attached hydrogen (secondary N) is 1. The number of amides is 1. The smallest absolute Gasteiger partial charge is 0.257 e. The minimum absolute atomic E-state index is 0.146. The van der Waals surface area contributed by atoms with Crippen molar-refractivity contribution >= 4 is 38.3 Å². The zero-order chi connectivity index (χ0) is 14.7. The van der Waals surface area contributed by atoms with Crippen molar-refractivity contribution in [1.29, 1.82) is 0 Å². The van der Waals surface area contributed by atoms with E-state index in [-0.39, 0.29) is 5.91 Å². The van der Waals surface area contributed by atoms with Crippen LogP contribution < -0.4 is 5.32 Å². The summed E-state index contributed by atoms with van der Waals surface area (Å²) in [4.78, 5) is 16.5. The first-order valence-electron chi connectivity index (χ1n) is 6.30. The fourth-order valence-corrected chi connectivity index (χ4v) is 2.82. The van der Waals surface area contributed by atoms with E-state index in [2.05, 4.69) is 26.2 Å². The Morgan fingerprint density at radius 3 is 2.48 bits per heavy atom. The molecular formula is C16H11BrN2OS. The molecule has 1 N–H and O–H groups in total. The second-order valence-electron chi connectivity index (χ2n) is 4.36. The Morgan fingerprint density at radius 2 is 1.76 bits per heavy atom. The Hall–Kier alpha value is -1.98. The number of halogens is 1. The SMILES string of the molecule is O=C(Nc1nc(-c2ccc(Br)cc2)cs1)c1ccccc1. The van der Waals surface area contributed by atoms with Gasteiger partial charge in [0, 0.05) is 21.0 Å². The molecule has 0 unspecified atom stereocenters. The van der Waals surface area contributed by atoms with Crippen molar-refractivity contribution in [3.8, 4) is 11.3 Å². The van der Waals surface area contributed by atoms with Crippen LogP contribution in [-0.4, -0.2) is 10.9 Å². The maximum atomic E-state index is 12.1. The molecule has 0 fully saturated rings. The van der Waals surface area contributed by atoms with Gasteiger partial charge in [-0.1, -0.05) is 46.3 Å². The molecule has 3 aromatic rings. The van der Waals surface area contributed by atoms with Gasteiger partial charge in [0.2, 0.25) is 0 Å². The molecule has 0 spiro atoms. The molecule has 104 valence electrons. The standard InChI is InChI=1S/C16H11BrN2OS/c17-13-8-6-11(7-9-13)14-10-21-16(18-14)19-15(20)12-4-2-1-3-5-12/h1-10H,(H,18,19,20). The maximum absolute atomic E-state index is 12.1. The quantitative estimate of drug-likeness (QED) is 0.728. The monoisotopic (exact) mass is 358 g/mol. The molecule has 2 aromatic carbocycles. The molecule has 0 radical (unpaired) electrons. The first kappa shape index (κ1) is 14.0. The number of rotatable bonds is 3. The molecule has 0 aliphatic rings. The molecule has 0 saturated carbocycles. The van der Waals surface area contributed by atoms with Gasteiger partial charge in [0.15, 0.2) is 5.13 Å². The summed E-state index contributed by atoms with van der Waals surface area (Å²) in [5.74, 6) is -0.146. The molecule has 0 saturated heterocycles. The lowest BCUT2D eigenvalue weighted by molar-refractivity contribution is 0.102. The van der Waals surface area contributed by atoms with E-state index in [1.54, 1.807) is 12.1 Å². The number of hydrogen-bond acceptors (Lipinski definition) is 3. The third kappa shape index (κ3) is 3.37. The van der Waals surface area contributed by atoms with Crippen LogP contribution in [0.1, 0.15) is 10.4 Å². The predicted molar refractivity (Wildman–Crippen MR) is 89.6 cm³/mol. The summed E-state index contributed by atoms with van der Waals surface area (Å²) in [6, 6.07) is 17.0. The van der Waals surface area contributed by atoms with Crippen LogP contribution in [-0.2, 0) is 0 Å². The van der Waals surface area contributed by atoms with Gasteiger partial charge in [0.1, 0.15) is 0 Å². The average Bonchev–Trinajstić information content (AvgIpc) is 2.97. The maximum Gasteiger partial charge on any atom is 0.257 e. The minimum Gasteiger partial charge on any atom is -0.298 e. The molecule has 0 atom stereocenters. The Morgan fingerprint density at radius 1 is 1.05 bits per heavy atom. The van der Waals surface area contributed by atoms with Gasteiger partial charge in [0.05, 0.1) is 5.69 Å². The third-order valence-corrected chi connectivity index (χ3v) is 4.19. The lowest BCUT2D eigenvalue weighted by Crippen LogP contribution is -2.11. The Bertz CT molecular complexity index is 753. The highest BCUT2D eigenvalue weighted by Gasteiger charge is 2.09. The zero-order valence-electron chi connectivity index (χ0n) is 10.9. The second-order valence-corrected chi connectivity index (χ2v) is 6.14. The normalized spacial score (nSPS) is 10.3. The number of carbonyl (C=O) groups is 1. The number of aromatic nitrogens is 1. The lowest BCUT2D eigenvalue weighted by Gasteiger charge is -2.01.